The smallest absolute Gasteiger partial charge is 0.250 e. The number of primary amides is 1. The SMILES string of the molecule is COc1ccc(CN2C(=O)[C@@H]3[C@H](CC(N)=O)N[C@]4(C(=O)Nc5c(Cl)cc(C)cc54)[C@@H]3C2=O)cc1. The van der Waals surface area contributed by atoms with E-state index in [1.807, 2.05) is 6.92 Å². The average Bonchev–Trinajstić information content (AvgIpc) is 3.35. The van der Waals surface area contributed by atoms with Gasteiger partial charge < -0.3 is 15.8 Å². The Balaban J connectivity index is 1.59. The van der Waals surface area contributed by atoms with Gasteiger partial charge in [-0.1, -0.05) is 29.8 Å². The predicted molar refractivity (Wildman–Crippen MR) is 123 cm³/mol. The van der Waals surface area contributed by atoms with Crippen molar-refractivity contribution in [2.75, 3.05) is 12.4 Å². The number of rotatable bonds is 5. The first kappa shape index (κ1) is 22.4. The van der Waals surface area contributed by atoms with Crippen LogP contribution in [0.25, 0.3) is 0 Å². The van der Waals surface area contributed by atoms with Gasteiger partial charge in [0.1, 0.15) is 11.3 Å². The third-order valence-corrected chi connectivity index (χ3v) is 7.23. The summed E-state index contributed by atoms with van der Waals surface area (Å²) in [5, 5.41) is 6.28. The largest absolute Gasteiger partial charge is 0.497 e. The topological polar surface area (TPSA) is 131 Å². The molecule has 2 aromatic rings. The van der Waals surface area contributed by atoms with Gasteiger partial charge in [0.15, 0.2) is 0 Å². The lowest BCUT2D eigenvalue weighted by Crippen LogP contribution is -2.53. The number of hydrogen-bond acceptors (Lipinski definition) is 6. The summed E-state index contributed by atoms with van der Waals surface area (Å²) in [6, 6.07) is 9.73. The second-order valence-electron chi connectivity index (χ2n) is 8.97. The Morgan fingerprint density at radius 3 is 2.53 bits per heavy atom. The Bertz CT molecular complexity index is 1250. The summed E-state index contributed by atoms with van der Waals surface area (Å²) in [7, 11) is 1.55. The van der Waals surface area contributed by atoms with E-state index < -0.39 is 47.0 Å². The molecule has 0 unspecified atom stereocenters. The van der Waals surface area contributed by atoms with Gasteiger partial charge in [0, 0.05) is 18.0 Å². The third kappa shape index (κ3) is 3.11. The molecule has 2 fully saturated rings. The molecule has 9 nitrogen and oxygen atoms in total. The van der Waals surface area contributed by atoms with E-state index in [-0.39, 0.29) is 13.0 Å². The molecule has 2 aromatic carbocycles. The highest BCUT2D eigenvalue weighted by atomic mass is 35.5. The van der Waals surface area contributed by atoms with Crippen molar-refractivity contribution in [3.8, 4) is 5.75 Å². The quantitative estimate of drug-likeness (QED) is 0.553. The number of nitrogens with zero attached hydrogens (tertiary/aromatic N) is 1. The second-order valence-corrected chi connectivity index (χ2v) is 9.37. The second kappa shape index (κ2) is 7.82. The molecule has 3 aliphatic heterocycles. The number of aryl methyl sites for hydroxylation is 1. The number of anilines is 1. The number of likely N-dealkylation sites (tertiary alicyclic amines) is 1. The Morgan fingerprint density at radius 2 is 1.88 bits per heavy atom. The van der Waals surface area contributed by atoms with Gasteiger partial charge in [-0.3, -0.25) is 29.4 Å². The molecule has 3 heterocycles. The molecule has 34 heavy (non-hydrogen) atoms. The van der Waals surface area contributed by atoms with Crippen LogP contribution in [0.4, 0.5) is 5.69 Å². The van der Waals surface area contributed by atoms with Gasteiger partial charge in [0.2, 0.25) is 23.6 Å². The molecule has 4 amide bonds. The van der Waals surface area contributed by atoms with E-state index in [4.69, 9.17) is 22.1 Å². The third-order valence-electron chi connectivity index (χ3n) is 6.93. The standard InChI is InChI=1S/C24H23ClN4O5/c1-11-7-14-20(15(25)8-11)27-23(33)24(14)19-18(16(28-24)9-17(26)30)21(31)29(22(19)32)10-12-3-5-13(34-2)6-4-12/h3-8,16,18-19,28H,9-10H2,1-2H3,(H2,26,30)(H,27,33)/t16-,18+,19-,24-/m0/s1. The molecule has 0 saturated carbocycles. The summed E-state index contributed by atoms with van der Waals surface area (Å²) >= 11 is 6.40. The lowest BCUT2D eigenvalue weighted by Gasteiger charge is -2.29. The number of amides is 4. The van der Waals surface area contributed by atoms with E-state index in [0.29, 0.717) is 22.0 Å². The van der Waals surface area contributed by atoms with Crippen molar-refractivity contribution in [3.05, 3.63) is 58.1 Å². The number of halogens is 1. The van der Waals surface area contributed by atoms with Gasteiger partial charge in [0.05, 0.1) is 36.2 Å². The lowest BCUT2D eigenvalue weighted by molar-refractivity contribution is -0.143. The highest BCUT2D eigenvalue weighted by Gasteiger charge is 2.70. The van der Waals surface area contributed by atoms with Gasteiger partial charge in [-0.2, -0.15) is 0 Å². The van der Waals surface area contributed by atoms with Crippen LogP contribution >= 0.6 is 11.6 Å². The number of methoxy groups -OCH3 is 1. The summed E-state index contributed by atoms with van der Waals surface area (Å²) in [5.41, 5.74) is 6.35. The van der Waals surface area contributed by atoms with Gasteiger partial charge in [-0.15, -0.1) is 0 Å². The van der Waals surface area contributed by atoms with Crippen molar-refractivity contribution >= 4 is 40.9 Å². The van der Waals surface area contributed by atoms with Crippen LogP contribution in [0.3, 0.4) is 0 Å². The molecule has 1 spiro atoms. The van der Waals surface area contributed by atoms with Crippen LogP contribution < -0.4 is 21.1 Å². The predicted octanol–water partition coefficient (Wildman–Crippen LogP) is 1.45. The van der Waals surface area contributed by atoms with E-state index in [0.717, 1.165) is 16.0 Å². The van der Waals surface area contributed by atoms with Gasteiger partial charge in [-0.25, -0.2) is 0 Å². The van der Waals surface area contributed by atoms with Crippen LogP contribution in [0.2, 0.25) is 5.02 Å². The minimum atomic E-state index is -1.53. The first-order chi connectivity index (χ1) is 16.2. The fourth-order valence-electron chi connectivity index (χ4n) is 5.51. The lowest BCUT2D eigenvalue weighted by atomic mass is 9.76. The Labute approximate surface area is 200 Å². The minimum Gasteiger partial charge on any atom is -0.497 e. The number of nitrogens with one attached hydrogen (secondary N) is 2. The Morgan fingerprint density at radius 1 is 1.18 bits per heavy atom. The maximum atomic E-state index is 13.8. The van der Waals surface area contributed by atoms with Crippen molar-refractivity contribution in [2.24, 2.45) is 17.6 Å². The zero-order valence-corrected chi connectivity index (χ0v) is 19.3. The van der Waals surface area contributed by atoms with Crippen LogP contribution in [0.5, 0.6) is 5.75 Å². The van der Waals surface area contributed by atoms with Gasteiger partial charge in [0.25, 0.3) is 0 Å². The molecular weight excluding hydrogens is 460 g/mol. The zero-order chi connectivity index (χ0) is 24.4. The first-order valence-corrected chi connectivity index (χ1v) is 11.2. The molecule has 0 aliphatic carbocycles. The number of hydrogen-bond donors (Lipinski definition) is 3. The first-order valence-electron chi connectivity index (χ1n) is 10.8. The Kier molecular flexibility index (Phi) is 5.14. The summed E-state index contributed by atoms with van der Waals surface area (Å²) in [5.74, 6) is -3.35. The van der Waals surface area contributed by atoms with E-state index in [1.54, 1.807) is 43.5 Å². The van der Waals surface area contributed by atoms with Crippen LogP contribution in [-0.2, 0) is 31.3 Å². The van der Waals surface area contributed by atoms with Crippen LogP contribution in [0.1, 0.15) is 23.1 Å². The number of benzene rings is 2. The molecule has 2 saturated heterocycles. The van der Waals surface area contributed by atoms with Gasteiger partial charge >= 0.3 is 0 Å². The van der Waals surface area contributed by atoms with E-state index in [2.05, 4.69) is 10.6 Å². The molecule has 4 atom stereocenters. The fourth-order valence-corrected chi connectivity index (χ4v) is 5.84. The highest BCUT2D eigenvalue weighted by Crippen LogP contribution is 2.54. The summed E-state index contributed by atoms with van der Waals surface area (Å²) < 4.78 is 5.17. The van der Waals surface area contributed by atoms with Crippen LogP contribution in [-0.4, -0.2) is 41.7 Å². The normalized spacial score (nSPS) is 27.2. The number of fused-ring (bicyclic) bond motifs is 4. The zero-order valence-electron chi connectivity index (χ0n) is 18.6. The van der Waals surface area contributed by atoms with Crippen molar-refractivity contribution in [3.63, 3.8) is 0 Å². The molecule has 3 aliphatic rings. The van der Waals surface area contributed by atoms with Crippen LogP contribution in [0.15, 0.2) is 36.4 Å². The van der Waals surface area contributed by atoms with Crippen molar-refractivity contribution < 1.29 is 23.9 Å². The number of carbonyl (C=O) groups excluding carboxylic acids is 4. The average molecular weight is 483 g/mol. The molecule has 0 bridgehead atoms. The minimum absolute atomic E-state index is 0.0388. The van der Waals surface area contributed by atoms with Crippen molar-refractivity contribution in [1.82, 2.24) is 10.2 Å². The number of nitrogens with two attached hydrogens (primary N) is 1. The summed E-state index contributed by atoms with van der Waals surface area (Å²) in [6.07, 6.45) is -0.194. The van der Waals surface area contributed by atoms with E-state index in [9.17, 15) is 19.2 Å². The number of imide groups is 1. The van der Waals surface area contributed by atoms with Crippen molar-refractivity contribution in [1.29, 1.82) is 0 Å². The fraction of sp³-hybridized carbons (Fsp3) is 0.333. The molecule has 0 aromatic heterocycles. The van der Waals surface area contributed by atoms with E-state index in [1.165, 1.54) is 0 Å². The summed E-state index contributed by atoms with van der Waals surface area (Å²) in [6.45, 7) is 1.87. The maximum absolute atomic E-state index is 13.8. The molecule has 5 rings (SSSR count). The molecule has 4 N–H and O–H groups in total. The maximum Gasteiger partial charge on any atom is 0.250 e. The van der Waals surface area contributed by atoms with Crippen molar-refractivity contribution in [2.45, 2.75) is 31.5 Å². The van der Waals surface area contributed by atoms with Crippen LogP contribution in [0, 0.1) is 18.8 Å². The molecule has 10 heteroatoms. The highest BCUT2D eigenvalue weighted by molar-refractivity contribution is 6.35. The molecular formula is C24H23ClN4O5. The molecule has 0 radical (unpaired) electrons. The summed E-state index contributed by atoms with van der Waals surface area (Å²) in [4.78, 5) is 53.7. The monoisotopic (exact) mass is 482 g/mol. The van der Waals surface area contributed by atoms with E-state index >= 15 is 0 Å². The number of ether oxygens (including phenoxy) is 1. The number of carbonyl (C=O) groups is 4. The van der Waals surface area contributed by atoms with Gasteiger partial charge in [-0.05, 0) is 36.2 Å². The Hall–Kier alpha value is -3.43. The molecule has 176 valence electrons.